The highest BCUT2D eigenvalue weighted by atomic mass is 32.1. The molecule has 0 aliphatic carbocycles. The van der Waals surface area contributed by atoms with E-state index in [1.54, 1.807) is 0 Å². The third kappa shape index (κ3) is 1.38. The van der Waals surface area contributed by atoms with Crippen molar-refractivity contribution >= 4 is 17.3 Å². The topological polar surface area (TPSA) is 18.5 Å². The quantitative estimate of drug-likeness (QED) is 0.558. The Morgan fingerprint density at radius 2 is 2.20 bits per heavy atom. The zero-order valence-electron chi connectivity index (χ0n) is 6.59. The summed E-state index contributed by atoms with van der Waals surface area (Å²) in [4.78, 5) is 2.13. The highest BCUT2D eigenvalue weighted by Crippen LogP contribution is 2.05. The third-order valence-corrected chi connectivity index (χ3v) is 1.86. The van der Waals surface area contributed by atoms with Crippen LogP contribution in [0.3, 0.4) is 0 Å². The first kappa shape index (κ1) is 7.75. The monoisotopic (exact) mass is 159 g/mol. The van der Waals surface area contributed by atoms with E-state index in [4.69, 9.17) is 12.2 Å². The summed E-state index contributed by atoms with van der Waals surface area (Å²) < 4.78 is 0. The molecule has 1 rings (SSSR count). The van der Waals surface area contributed by atoms with Crippen molar-refractivity contribution in [2.75, 3.05) is 13.7 Å². The van der Waals surface area contributed by atoms with Gasteiger partial charge in [-0.15, -0.1) is 0 Å². The molecule has 0 unspecified atom stereocenters. The molecular formula is C6H13N3S. The van der Waals surface area contributed by atoms with E-state index in [0.717, 1.165) is 11.8 Å². The summed E-state index contributed by atoms with van der Waals surface area (Å²) in [5.74, 6) is 0. The van der Waals surface area contributed by atoms with Crippen LogP contribution in [-0.2, 0) is 0 Å². The van der Waals surface area contributed by atoms with Gasteiger partial charge in [-0.05, 0) is 26.1 Å². The van der Waals surface area contributed by atoms with Crippen LogP contribution in [0.1, 0.15) is 13.8 Å². The van der Waals surface area contributed by atoms with E-state index in [9.17, 15) is 0 Å². The second kappa shape index (κ2) is 2.72. The van der Waals surface area contributed by atoms with Crippen molar-refractivity contribution in [2.24, 2.45) is 0 Å². The molecule has 0 aromatic carbocycles. The van der Waals surface area contributed by atoms with Gasteiger partial charge in [-0.2, -0.15) is 0 Å². The minimum absolute atomic E-state index is 0.491. The number of nitrogens with zero attached hydrogens (tertiary/aromatic N) is 2. The van der Waals surface area contributed by atoms with E-state index in [0.29, 0.717) is 6.04 Å². The highest BCUT2D eigenvalue weighted by molar-refractivity contribution is 7.80. The lowest BCUT2D eigenvalue weighted by Gasteiger charge is -2.19. The van der Waals surface area contributed by atoms with Crippen molar-refractivity contribution in [1.82, 2.24) is 15.3 Å². The van der Waals surface area contributed by atoms with Gasteiger partial charge in [0, 0.05) is 13.1 Å². The SMILES string of the molecule is CC(C)N1CN(C)NC1=S. The van der Waals surface area contributed by atoms with Crippen LogP contribution in [0.2, 0.25) is 0 Å². The van der Waals surface area contributed by atoms with Gasteiger partial charge in [0.1, 0.15) is 0 Å². The summed E-state index contributed by atoms with van der Waals surface area (Å²) in [6.07, 6.45) is 0. The molecule has 0 bridgehead atoms. The third-order valence-electron chi connectivity index (χ3n) is 1.54. The standard InChI is InChI=1S/C6H13N3S/c1-5(2)9-4-8(3)7-6(9)10/h5H,4H2,1-3H3,(H,7,10). The molecule has 0 spiro atoms. The van der Waals surface area contributed by atoms with Gasteiger partial charge in [0.15, 0.2) is 5.11 Å². The maximum Gasteiger partial charge on any atom is 0.185 e. The molecule has 0 saturated carbocycles. The van der Waals surface area contributed by atoms with Crippen LogP contribution in [0.4, 0.5) is 0 Å². The minimum Gasteiger partial charge on any atom is -0.331 e. The summed E-state index contributed by atoms with van der Waals surface area (Å²) in [6, 6.07) is 0.491. The molecule has 1 N–H and O–H groups in total. The number of rotatable bonds is 1. The van der Waals surface area contributed by atoms with Crippen LogP contribution in [0.15, 0.2) is 0 Å². The van der Waals surface area contributed by atoms with E-state index in [2.05, 4.69) is 24.2 Å². The van der Waals surface area contributed by atoms with Crippen LogP contribution < -0.4 is 5.43 Å². The zero-order chi connectivity index (χ0) is 7.72. The Bertz CT molecular complexity index is 146. The van der Waals surface area contributed by atoms with Crippen LogP contribution in [0.25, 0.3) is 0 Å². The van der Waals surface area contributed by atoms with Crippen LogP contribution in [0.5, 0.6) is 0 Å². The molecule has 0 radical (unpaired) electrons. The van der Waals surface area contributed by atoms with Crippen molar-refractivity contribution in [2.45, 2.75) is 19.9 Å². The van der Waals surface area contributed by atoms with Crippen molar-refractivity contribution in [3.63, 3.8) is 0 Å². The number of hydrogen-bond donors (Lipinski definition) is 1. The van der Waals surface area contributed by atoms with Crippen LogP contribution in [0, 0.1) is 0 Å². The fourth-order valence-corrected chi connectivity index (χ4v) is 1.38. The minimum atomic E-state index is 0.491. The van der Waals surface area contributed by atoms with Gasteiger partial charge < -0.3 is 4.90 Å². The van der Waals surface area contributed by atoms with Gasteiger partial charge in [0.2, 0.25) is 0 Å². The molecule has 3 nitrogen and oxygen atoms in total. The number of hydrogen-bond acceptors (Lipinski definition) is 2. The first-order chi connectivity index (χ1) is 4.61. The molecule has 0 aromatic heterocycles. The lowest BCUT2D eigenvalue weighted by atomic mass is 10.4. The average molecular weight is 159 g/mol. The van der Waals surface area contributed by atoms with E-state index in [1.807, 2.05) is 12.1 Å². The normalized spacial score (nSPS) is 20.4. The van der Waals surface area contributed by atoms with Crippen molar-refractivity contribution in [1.29, 1.82) is 0 Å². The van der Waals surface area contributed by atoms with E-state index in [1.165, 1.54) is 0 Å². The van der Waals surface area contributed by atoms with E-state index >= 15 is 0 Å². The molecule has 1 heterocycles. The number of nitrogens with one attached hydrogen (secondary N) is 1. The Morgan fingerprint density at radius 3 is 2.40 bits per heavy atom. The maximum atomic E-state index is 5.07. The van der Waals surface area contributed by atoms with Crippen LogP contribution >= 0.6 is 12.2 Å². The molecule has 1 aliphatic heterocycles. The first-order valence-electron chi connectivity index (χ1n) is 3.39. The predicted molar refractivity (Wildman–Crippen MR) is 45.3 cm³/mol. The summed E-state index contributed by atoms with van der Waals surface area (Å²) in [7, 11) is 1.98. The lowest BCUT2D eigenvalue weighted by molar-refractivity contribution is 0.241. The lowest BCUT2D eigenvalue weighted by Crippen LogP contribution is -2.33. The first-order valence-corrected chi connectivity index (χ1v) is 3.80. The van der Waals surface area contributed by atoms with Crippen LogP contribution in [-0.4, -0.2) is 34.8 Å². The van der Waals surface area contributed by atoms with Gasteiger partial charge in [0.05, 0.1) is 6.67 Å². The Labute approximate surface area is 67.0 Å². The molecule has 1 aliphatic rings. The Morgan fingerprint density at radius 1 is 1.60 bits per heavy atom. The Kier molecular flexibility index (Phi) is 2.11. The fraction of sp³-hybridized carbons (Fsp3) is 0.833. The Balaban J connectivity index is 2.55. The number of thiocarbonyl (C=S) groups is 1. The molecule has 0 aromatic rings. The fourth-order valence-electron chi connectivity index (χ4n) is 0.953. The van der Waals surface area contributed by atoms with Crippen molar-refractivity contribution in [3.05, 3.63) is 0 Å². The molecular weight excluding hydrogens is 146 g/mol. The second-order valence-electron chi connectivity index (χ2n) is 2.82. The largest absolute Gasteiger partial charge is 0.331 e. The van der Waals surface area contributed by atoms with E-state index < -0.39 is 0 Å². The van der Waals surface area contributed by atoms with Gasteiger partial charge in [0.25, 0.3) is 0 Å². The smallest absolute Gasteiger partial charge is 0.185 e. The Hall–Kier alpha value is -0.350. The average Bonchev–Trinajstić information content (AvgIpc) is 2.10. The second-order valence-corrected chi connectivity index (χ2v) is 3.21. The molecule has 58 valence electrons. The summed E-state index contributed by atoms with van der Waals surface area (Å²) in [5, 5.41) is 2.81. The molecule has 1 fully saturated rings. The molecule has 4 heteroatoms. The van der Waals surface area contributed by atoms with E-state index in [-0.39, 0.29) is 0 Å². The molecule has 0 amide bonds. The molecule has 1 saturated heterocycles. The summed E-state index contributed by atoms with van der Waals surface area (Å²) in [5.41, 5.74) is 3.04. The highest BCUT2D eigenvalue weighted by Gasteiger charge is 2.22. The van der Waals surface area contributed by atoms with Gasteiger partial charge in [-0.3, -0.25) is 5.43 Å². The summed E-state index contributed by atoms with van der Waals surface area (Å²) in [6.45, 7) is 5.15. The predicted octanol–water partition coefficient (Wildman–Crippen LogP) is 0.389. The maximum absolute atomic E-state index is 5.07. The van der Waals surface area contributed by atoms with Gasteiger partial charge in [-0.1, -0.05) is 0 Å². The van der Waals surface area contributed by atoms with Gasteiger partial charge in [-0.25, -0.2) is 5.01 Å². The number of hydrazine groups is 1. The molecule has 0 atom stereocenters. The van der Waals surface area contributed by atoms with Crippen molar-refractivity contribution < 1.29 is 0 Å². The zero-order valence-corrected chi connectivity index (χ0v) is 7.40. The van der Waals surface area contributed by atoms with Crippen molar-refractivity contribution in [3.8, 4) is 0 Å². The molecule has 10 heavy (non-hydrogen) atoms. The van der Waals surface area contributed by atoms with Gasteiger partial charge >= 0.3 is 0 Å². The summed E-state index contributed by atoms with van der Waals surface area (Å²) >= 11 is 5.07.